The number of esters is 1. The van der Waals surface area contributed by atoms with Crippen molar-refractivity contribution in [2.45, 2.75) is 51.5 Å². The van der Waals surface area contributed by atoms with Crippen LogP contribution in [0, 0.1) is 0 Å². The summed E-state index contributed by atoms with van der Waals surface area (Å²) in [6.07, 6.45) is 9.36. The van der Waals surface area contributed by atoms with E-state index in [0.29, 0.717) is 19.4 Å². The van der Waals surface area contributed by atoms with E-state index in [-0.39, 0.29) is 11.9 Å². The van der Waals surface area contributed by atoms with Gasteiger partial charge in [0.2, 0.25) is 5.91 Å². The molecule has 0 aromatic rings. The summed E-state index contributed by atoms with van der Waals surface area (Å²) in [7, 11) is 0. The van der Waals surface area contributed by atoms with Crippen LogP contribution in [0.15, 0.2) is 12.2 Å². The predicted molar refractivity (Wildman–Crippen MR) is 65.4 cm³/mol. The summed E-state index contributed by atoms with van der Waals surface area (Å²) < 4.78 is 5.11. The number of carbonyl (C=O) groups excluding carboxylic acids is 2. The number of nitrogens with one attached hydrogen (secondary N) is 1. The van der Waals surface area contributed by atoms with Crippen molar-refractivity contribution >= 4 is 11.9 Å². The van der Waals surface area contributed by atoms with E-state index in [1.54, 1.807) is 0 Å². The molecule has 0 bridgehead atoms. The zero-order chi connectivity index (χ0) is 12.5. The molecule has 0 radical (unpaired) electrons. The summed E-state index contributed by atoms with van der Waals surface area (Å²) in [6, 6.07) is -0.412. The van der Waals surface area contributed by atoms with E-state index >= 15 is 0 Å². The van der Waals surface area contributed by atoms with E-state index in [4.69, 9.17) is 4.74 Å². The first-order valence-electron chi connectivity index (χ1n) is 6.31. The minimum Gasteiger partial charge on any atom is -0.464 e. The molecule has 0 spiro atoms. The highest BCUT2D eigenvalue weighted by atomic mass is 16.5. The summed E-state index contributed by atoms with van der Waals surface area (Å²) in [5.74, 6) is -0.345. The van der Waals surface area contributed by atoms with Gasteiger partial charge in [0.25, 0.3) is 0 Å². The van der Waals surface area contributed by atoms with Crippen molar-refractivity contribution in [2.24, 2.45) is 0 Å². The van der Waals surface area contributed by atoms with E-state index in [1.165, 1.54) is 0 Å². The summed E-state index contributed by atoms with van der Waals surface area (Å²) in [6.45, 7) is 2.47. The van der Waals surface area contributed by atoms with Gasteiger partial charge in [-0.05, 0) is 39.0 Å². The number of hydrogen-bond donors (Lipinski definition) is 1. The molecule has 0 aromatic carbocycles. The first-order chi connectivity index (χ1) is 8.24. The van der Waals surface area contributed by atoms with Crippen LogP contribution < -0.4 is 5.32 Å². The summed E-state index contributed by atoms with van der Waals surface area (Å²) >= 11 is 0. The maximum Gasteiger partial charge on any atom is 0.328 e. The molecule has 1 aliphatic rings. The Bertz CT molecular complexity index is 286. The van der Waals surface area contributed by atoms with Crippen LogP contribution in [-0.4, -0.2) is 24.5 Å². The van der Waals surface area contributed by atoms with Gasteiger partial charge in [-0.25, -0.2) is 4.79 Å². The lowest BCUT2D eigenvalue weighted by Crippen LogP contribution is -2.34. The molecule has 1 fully saturated rings. The molecule has 17 heavy (non-hydrogen) atoms. The van der Waals surface area contributed by atoms with Crippen molar-refractivity contribution in [3.8, 4) is 0 Å². The molecule has 4 nitrogen and oxygen atoms in total. The maximum absolute atomic E-state index is 11.5. The van der Waals surface area contributed by atoms with E-state index in [0.717, 1.165) is 25.7 Å². The minimum absolute atomic E-state index is 0.0571. The number of carbonyl (C=O) groups is 2. The predicted octanol–water partition coefficient (Wildman–Crippen LogP) is 1.94. The number of unbranched alkanes of at least 4 members (excludes halogenated alkanes) is 3. The third-order valence-electron chi connectivity index (χ3n) is 2.77. The standard InChI is InChI=1S/C13H21NO3/c1-2-3-4-5-6-7-10-17-13(16)11-8-9-12(15)14-11/h2-3,11H,4-10H2,1H3,(H,14,15)/b3-2+/t11-/m0/s1. The first kappa shape index (κ1) is 13.7. The van der Waals surface area contributed by atoms with Gasteiger partial charge in [-0.3, -0.25) is 4.79 Å². The Morgan fingerprint density at radius 2 is 2.29 bits per heavy atom. The second kappa shape index (κ2) is 7.87. The molecular formula is C13H21NO3. The molecule has 1 aliphatic heterocycles. The second-order valence-corrected chi connectivity index (χ2v) is 4.24. The Hall–Kier alpha value is -1.32. The van der Waals surface area contributed by atoms with Gasteiger partial charge in [0.05, 0.1) is 6.61 Å². The Labute approximate surface area is 102 Å². The topological polar surface area (TPSA) is 55.4 Å². The largest absolute Gasteiger partial charge is 0.464 e. The van der Waals surface area contributed by atoms with Crippen molar-refractivity contribution in [3.63, 3.8) is 0 Å². The zero-order valence-corrected chi connectivity index (χ0v) is 10.4. The highest BCUT2D eigenvalue weighted by Crippen LogP contribution is 2.08. The molecule has 1 saturated heterocycles. The molecule has 96 valence electrons. The van der Waals surface area contributed by atoms with Crippen molar-refractivity contribution in [1.82, 2.24) is 5.32 Å². The number of ether oxygens (including phenoxy) is 1. The molecular weight excluding hydrogens is 218 g/mol. The Morgan fingerprint density at radius 1 is 1.47 bits per heavy atom. The van der Waals surface area contributed by atoms with Crippen LogP contribution in [0.2, 0.25) is 0 Å². The molecule has 1 atom stereocenters. The lowest BCUT2D eigenvalue weighted by Gasteiger charge is -2.09. The number of hydrogen-bond acceptors (Lipinski definition) is 3. The average molecular weight is 239 g/mol. The molecule has 0 aromatic heterocycles. The van der Waals surface area contributed by atoms with E-state index < -0.39 is 6.04 Å². The van der Waals surface area contributed by atoms with Crippen LogP contribution in [0.1, 0.15) is 45.4 Å². The molecule has 0 saturated carbocycles. The van der Waals surface area contributed by atoms with E-state index in [1.807, 2.05) is 13.0 Å². The second-order valence-electron chi connectivity index (χ2n) is 4.24. The molecule has 1 heterocycles. The van der Waals surface area contributed by atoms with Gasteiger partial charge in [-0.2, -0.15) is 0 Å². The monoisotopic (exact) mass is 239 g/mol. The average Bonchev–Trinajstić information content (AvgIpc) is 2.74. The number of rotatable bonds is 7. The highest BCUT2D eigenvalue weighted by Gasteiger charge is 2.28. The van der Waals surface area contributed by atoms with Crippen LogP contribution >= 0.6 is 0 Å². The first-order valence-corrected chi connectivity index (χ1v) is 6.31. The fourth-order valence-corrected chi connectivity index (χ4v) is 1.77. The molecule has 1 N–H and O–H groups in total. The molecule has 0 aliphatic carbocycles. The number of amides is 1. The van der Waals surface area contributed by atoms with Gasteiger partial charge < -0.3 is 10.1 Å². The highest BCUT2D eigenvalue weighted by molar-refractivity contribution is 5.87. The fourth-order valence-electron chi connectivity index (χ4n) is 1.77. The Kier molecular flexibility index (Phi) is 6.37. The van der Waals surface area contributed by atoms with Gasteiger partial charge in [-0.1, -0.05) is 12.2 Å². The van der Waals surface area contributed by atoms with Crippen LogP contribution in [0.3, 0.4) is 0 Å². The number of allylic oxidation sites excluding steroid dienone is 2. The third kappa shape index (κ3) is 5.52. The lowest BCUT2D eigenvalue weighted by atomic mass is 10.2. The van der Waals surface area contributed by atoms with E-state index in [2.05, 4.69) is 11.4 Å². The van der Waals surface area contributed by atoms with Crippen molar-refractivity contribution in [3.05, 3.63) is 12.2 Å². The van der Waals surface area contributed by atoms with Gasteiger partial charge in [0.15, 0.2) is 0 Å². The quantitative estimate of drug-likeness (QED) is 0.419. The molecule has 1 rings (SSSR count). The van der Waals surface area contributed by atoms with Gasteiger partial charge in [0.1, 0.15) is 6.04 Å². The summed E-state index contributed by atoms with van der Waals surface area (Å²) in [5.41, 5.74) is 0. The van der Waals surface area contributed by atoms with Crippen molar-refractivity contribution in [1.29, 1.82) is 0 Å². The van der Waals surface area contributed by atoms with Crippen LogP contribution in [0.4, 0.5) is 0 Å². The lowest BCUT2D eigenvalue weighted by molar-refractivity contribution is -0.146. The molecule has 4 heteroatoms. The van der Waals surface area contributed by atoms with E-state index in [9.17, 15) is 9.59 Å². The van der Waals surface area contributed by atoms with Crippen LogP contribution in [0.25, 0.3) is 0 Å². The SMILES string of the molecule is C/C=C/CCCCCOC(=O)[C@@H]1CCC(=O)N1. The molecule has 0 unspecified atom stereocenters. The third-order valence-corrected chi connectivity index (χ3v) is 2.77. The normalized spacial score (nSPS) is 19.6. The van der Waals surface area contributed by atoms with Gasteiger partial charge in [-0.15, -0.1) is 0 Å². The van der Waals surface area contributed by atoms with Crippen LogP contribution in [-0.2, 0) is 14.3 Å². The minimum atomic E-state index is -0.412. The Morgan fingerprint density at radius 3 is 2.94 bits per heavy atom. The summed E-state index contributed by atoms with van der Waals surface area (Å²) in [5, 5.41) is 2.60. The zero-order valence-electron chi connectivity index (χ0n) is 10.4. The Balaban J connectivity index is 1.99. The molecule has 1 amide bonds. The van der Waals surface area contributed by atoms with Gasteiger partial charge >= 0.3 is 5.97 Å². The summed E-state index contributed by atoms with van der Waals surface area (Å²) in [4.78, 5) is 22.4. The smallest absolute Gasteiger partial charge is 0.328 e. The van der Waals surface area contributed by atoms with Crippen LogP contribution in [0.5, 0.6) is 0 Å². The van der Waals surface area contributed by atoms with Crippen molar-refractivity contribution < 1.29 is 14.3 Å². The fraction of sp³-hybridized carbons (Fsp3) is 0.692. The van der Waals surface area contributed by atoms with Crippen molar-refractivity contribution in [2.75, 3.05) is 6.61 Å². The van der Waals surface area contributed by atoms with Gasteiger partial charge in [0, 0.05) is 6.42 Å². The maximum atomic E-state index is 11.5.